The Labute approximate surface area is 124 Å². The van der Waals surface area contributed by atoms with Gasteiger partial charge in [0.25, 0.3) is 0 Å². The smallest absolute Gasteiger partial charge is 0.129 e. The summed E-state index contributed by atoms with van der Waals surface area (Å²) in [6, 6.07) is 15.3. The highest BCUT2D eigenvalue weighted by molar-refractivity contribution is 5.48. The molecule has 3 rings (SSSR count). The van der Waals surface area contributed by atoms with Gasteiger partial charge in [0, 0.05) is 49.7 Å². The van der Waals surface area contributed by atoms with Gasteiger partial charge in [-0.15, -0.1) is 0 Å². The third-order valence-electron chi connectivity index (χ3n) is 4.03. The normalized spacial score (nSPS) is 16.1. The number of nitrogens with two attached hydrogens (primary N) is 1. The highest BCUT2D eigenvalue weighted by Gasteiger charge is 2.19. The molecule has 0 amide bonds. The third-order valence-corrected chi connectivity index (χ3v) is 4.03. The number of piperazine rings is 1. The Balaban J connectivity index is 1.62. The average molecular weight is 285 g/mol. The first-order chi connectivity index (χ1) is 10.2. The number of nitrogen functional groups attached to an aromatic ring is 1. The Morgan fingerprint density at radius 3 is 2.29 bits per heavy atom. The number of para-hydroxylation sites is 1. The quantitative estimate of drug-likeness (QED) is 0.880. The van der Waals surface area contributed by atoms with Gasteiger partial charge in [-0.1, -0.05) is 24.3 Å². The number of benzene rings is 2. The van der Waals surface area contributed by atoms with Crippen LogP contribution < -0.4 is 10.6 Å². The minimum absolute atomic E-state index is 0.208. The highest BCUT2D eigenvalue weighted by Crippen LogP contribution is 2.20. The number of anilines is 2. The van der Waals surface area contributed by atoms with Crippen molar-refractivity contribution >= 4 is 11.4 Å². The summed E-state index contributed by atoms with van der Waals surface area (Å²) in [5.74, 6) is -0.208. The van der Waals surface area contributed by atoms with Crippen molar-refractivity contribution in [3.63, 3.8) is 0 Å². The summed E-state index contributed by atoms with van der Waals surface area (Å²) < 4.78 is 13.8. The zero-order chi connectivity index (χ0) is 14.7. The second-order valence-corrected chi connectivity index (χ2v) is 5.41. The zero-order valence-corrected chi connectivity index (χ0v) is 12.0. The van der Waals surface area contributed by atoms with Crippen LogP contribution in [0.5, 0.6) is 0 Å². The molecule has 3 nitrogen and oxygen atoms in total. The second kappa shape index (κ2) is 6.14. The van der Waals surface area contributed by atoms with Gasteiger partial charge in [-0.3, -0.25) is 4.90 Å². The SMILES string of the molecule is Nc1cccc(F)c1CN1CCN(c2ccccc2)CC1. The van der Waals surface area contributed by atoms with Gasteiger partial charge in [-0.05, 0) is 24.3 Å². The van der Waals surface area contributed by atoms with Crippen LogP contribution in [0.2, 0.25) is 0 Å². The van der Waals surface area contributed by atoms with Gasteiger partial charge in [0.05, 0.1) is 0 Å². The second-order valence-electron chi connectivity index (χ2n) is 5.41. The van der Waals surface area contributed by atoms with E-state index in [1.54, 1.807) is 12.1 Å². The molecule has 0 aromatic heterocycles. The molecule has 0 unspecified atom stereocenters. The monoisotopic (exact) mass is 285 g/mol. The van der Waals surface area contributed by atoms with Gasteiger partial charge in [-0.25, -0.2) is 4.39 Å². The van der Waals surface area contributed by atoms with Crippen molar-refractivity contribution in [3.8, 4) is 0 Å². The molecule has 4 heteroatoms. The number of hydrogen-bond acceptors (Lipinski definition) is 3. The van der Waals surface area contributed by atoms with Crippen LogP contribution in [0.25, 0.3) is 0 Å². The Bertz CT molecular complexity index is 572. The minimum atomic E-state index is -0.208. The molecule has 1 aliphatic rings. The van der Waals surface area contributed by atoms with Crippen LogP contribution in [0.3, 0.4) is 0 Å². The molecule has 1 fully saturated rings. The number of halogens is 1. The molecule has 0 saturated carbocycles. The van der Waals surface area contributed by atoms with Crippen LogP contribution in [0.1, 0.15) is 5.56 Å². The lowest BCUT2D eigenvalue weighted by atomic mass is 10.1. The van der Waals surface area contributed by atoms with Gasteiger partial charge < -0.3 is 10.6 Å². The summed E-state index contributed by atoms with van der Waals surface area (Å²) in [6.07, 6.45) is 0. The molecular weight excluding hydrogens is 265 g/mol. The number of hydrogen-bond donors (Lipinski definition) is 1. The largest absolute Gasteiger partial charge is 0.398 e. The first-order valence-corrected chi connectivity index (χ1v) is 7.29. The van der Waals surface area contributed by atoms with Crippen molar-refractivity contribution in [2.24, 2.45) is 0 Å². The predicted molar refractivity (Wildman–Crippen MR) is 84.7 cm³/mol. The molecule has 2 aromatic carbocycles. The fraction of sp³-hybridized carbons (Fsp3) is 0.294. The zero-order valence-electron chi connectivity index (χ0n) is 12.0. The lowest BCUT2D eigenvalue weighted by molar-refractivity contribution is 0.247. The molecule has 1 aliphatic heterocycles. The molecular formula is C17H20FN3. The summed E-state index contributed by atoms with van der Waals surface area (Å²) in [4.78, 5) is 4.62. The van der Waals surface area contributed by atoms with Crippen LogP contribution in [-0.2, 0) is 6.54 Å². The molecule has 110 valence electrons. The summed E-state index contributed by atoms with van der Waals surface area (Å²) >= 11 is 0. The Morgan fingerprint density at radius 2 is 1.62 bits per heavy atom. The van der Waals surface area contributed by atoms with E-state index in [0.717, 1.165) is 26.2 Å². The van der Waals surface area contributed by atoms with E-state index in [1.807, 2.05) is 6.07 Å². The van der Waals surface area contributed by atoms with E-state index in [1.165, 1.54) is 11.8 Å². The number of rotatable bonds is 3. The molecule has 0 radical (unpaired) electrons. The van der Waals surface area contributed by atoms with E-state index in [0.29, 0.717) is 17.8 Å². The van der Waals surface area contributed by atoms with E-state index < -0.39 is 0 Å². The van der Waals surface area contributed by atoms with E-state index in [4.69, 9.17) is 5.73 Å². The van der Waals surface area contributed by atoms with Crippen molar-refractivity contribution in [3.05, 3.63) is 59.9 Å². The Morgan fingerprint density at radius 1 is 0.905 bits per heavy atom. The summed E-state index contributed by atoms with van der Waals surface area (Å²) in [5, 5.41) is 0. The Hall–Kier alpha value is -2.07. The van der Waals surface area contributed by atoms with Crippen LogP contribution in [-0.4, -0.2) is 31.1 Å². The van der Waals surface area contributed by atoms with Gasteiger partial charge in [0.15, 0.2) is 0 Å². The van der Waals surface area contributed by atoms with Crippen molar-refractivity contribution in [2.45, 2.75) is 6.54 Å². The fourth-order valence-electron chi connectivity index (χ4n) is 2.77. The van der Waals surface area contributed by atoms with Crippen molar-refractivity contribution in [1.29, 1.82) is 0 Å². The van der Waals surface area contributed by atoms with E-state index in [9.17, 15) is 4.39 Å². The maximum Gasteiger partial charge on any atom is 0.129 e. The van der Waals surface area contributed by atoms with Gasteiger partial charge in [0.1, 0.15) is 5.82 Å². The summed E-state index contributed by atoms with van der Waals surface area (Å²) in [6.45, 7) is 4.34. The maximum atomic E-state index is 13.8. The van der Waals surface area contributed by atoms with Crippen LogP contribution >= 0.6 is 0 Å². The molecule has 21 heavy (non-hydrogen) atoms. The van der Waals surface area contributed by atoms with Crippen LogP contribution in [0.15, 0.2) is 48.5 Å². The lowest BCUT2D eigenvalue weighted by Crippen LogP contribution is -2.46. The molecule has 0 aliphatic carbocycles. The summed E-state index contributed by atoms with van der Waals surface area (Å²) in [7, 11) is 0. The fourth-order valence-corrected chi connectivity index (χ4v) is 2.77. The van der Waals surface area contributed by atoms with Crippen molar-refractivity contribution in [2.75, 3.05) is 36.8 Å². The summed E-state index contributed by atoms with van der Waals surface area (Å²) in [5.41, 5.74) is 8.29. The average Bonchev–Trinajstić information content (AvgIpc) is 2.53. The Kier molecular flexibility index (Phi) is 4.06. The molecule has 1 heterocycles. The van der Waals surface area contributed by atoms with Crippen molar-refractivity contribution in [1.82, 2.24) is 4.90 Å². The maximum absolute atomic E-state index is 13.8. The van der Waals surface area contributed by atoms with Gasteiger partial charge in [-0.2, -0.15) is 0 Å². The first-order valence-electron chi connectivity index (χ1n) is 7.29. The highest BCUT2D eigenvalue weighted by atomic mass is 19.1. The van der Waals surface area contributed by atoms with Crippen molar-refractivity contribution < 1.29 is 4.39 Å². The van der Waals surface area contributed by atoms with Crippen LogP contribution in [0, 0.1) is 5.82 Å². The lowest BCUT2D eigenvalue weighted by Gasteiger charge is -2.36. The predicted octanol–water partition coefficient (Wildman–Crippen LogP) is 2.73. The van der Waals surface area contributed by atoms with Gasteiger partial charge in [0.2, 0.25) is 0 Å². The third kappa shape index (κ3) is 3.16. The van der Waals surface area contributed by atoms with E-state index in [-0.39, 0.29) is 5.82 Å². The topological polar surface area (TPSA) is 32.5 Å². The molecule has 2 aromatic rings. The molecule has 0 atom stereocenters. The molecule has 1 saturated heterocycles. The molecule has 2 N–H and O–H groups in total. The first kappa shape index (κ1) is 13.9. The van der Waals surface area contributed by atoms with E-state index >= 15 is 0 Å². The van der Waals surface area contributed by atoms with Crippen LogP contribution in [0.4, 0.5) is 15.8 Å². The standard InChI is InChI=1S/C17H20FN3/c18-16-7-4-8-17(19)15(16)13-20-9-11-21(12-10-20)14-5-2-1-3-6-14/h1-8H,9-13,19H2. The van der Waals surface area contributed by atoms with Gasteiger partial charge >= 0.3 is 0 Å². The minimum Gasteiger partial charge on any atom is -0.398 e. The number of nitrogens with zero attached hydrogens (tertiary/aromatic N) is 2. The van der Waals surface area contributed by atoms with E-state index in [2.05, 4.69) is 34.1 Å². The molecule has 0 spiro atoms. The molecule has 0 bridgehead atoms.